The van der Waals surface area contributed by atoms with Crippen molar-refractivity contribution in [1.82, 2.24) is 20.4 Å². The number of benzene rings is 1. The third kappa shape index (κ3) is 4.28. The predicted octanol–water partition coefficient (Wildman–Crippen LogP) is 1.07. The average Bonchev–Trinajstić information content (AvgIpc) is 2.99. The standard InChI is InChI=1S/C21H30N4O4/c1-4-21(16-8-6-5-7-9-16)18(27)25(19(28)23-21)14-17(26)22-15-20(2,3)24-10-12-29-13-11-24/h5-9H,4,10-15H2,1-3H3,(H,22,26)(H,23,28). The second kappa shape index (κ2) is 8.51. The van der Waals surface area contributed by atoms with Crippen LogP contribution >= 0.6 is 0 Å². The highest BCUT2D eigenvalue weighted by molar-refractivity contribution is 6.09. The highest BCUT2D eigenvalue weighted by Gasteiger charge is 2.51. The fraction of sp³-hybridized carbons (Fsp3) is 0.571. The number of nitrogens with one attached hydrogen (secondary N) is 2. The first kappa shape index (κ1) is 21.3. The number of amides is 4. The van der Waals surface area contributed by atoms with E-state index in [0.717, 1.165) is 23.6 Å². The van der Waals surface area contributed by atoms with E-state index in [0.29, 0.717) is 26.2 Å². The molecule has 3 rings (SSSR count). The first-order valence-corrected chi connectivity index (χ1v) is 10.1. The Morgan fingerprint density at radius 1 is 1.21 bits per heavy atom. The zero-order valence-corrected chi connectivity index (χ0v) is 17.4. The van der Waals surface area contributed by atoms with Crippen LogP contribution in [0, 0.1) is 0 Å². The number of hydrogen-bond donors (Lipinski definition) is 2. The van der Waals surface area contributed by atoms with E-state index >= 15 is 0 Å². The van der Waals surface area contributed by atoms with Gasteiger partial charge in [-0.2, -0.15) is 0 Å². The number of hydrogen-bond acceptors (Lipinski definition) is 5. The van der Waals surface area contributed by atoms with Gasteiger partial charge in [-0.05, 0) is 25.8 Å². The monoisotopic (exact) mass is 402 g/mol. The van der Waals surface area contributed by atoms with Crippen molar-refractivity contribution in [2.75, 3.05) is 39.4 Å². The van der Waals surface area contributed by atoms with Crippen LogP contribution in [0.2, 0.25) is 0 Å². The van der Waals surface area contributed by atoms with Gasteiger partial charge in [0.1, 0.15) is 12.1 Å². The predicted molar refractivity (Wildman–Crippen MR) is 108 cm³/mol. The summed E-state index contributed by atoms with van der Waals surface area (Å²) in [6.45, 7) is 9.08. The zero-order chi connectivity index (χ0) is 21.1. The highest BCUT2D eigenvalue weighted by atomic mass is 16.5. The van der Waals surface area contributed by atoms with Crippen molar-refractivity contribution in [3.63, 3.8) is 0 Å². The molecule has 1 unspecified atom stereocenters. The maximum Gasteiger partial charge on any atom is 0.325 e. The van der Waals surface area contributed by atoms with Crippen LogP contribution < -0.4 is 10.6 Å². The fourth-order valence-electron chi connectivity index (χ4n) is 3.93. The van der Waals surface area contributed by atoms with E-state index in [-0.39, 0.29) is 18.0 Å². The summed E-state index contributed by atoms with van der Waals surface area (Å²) in [5.41, 5.74) is -0.642. The lowest BCUT2D eigenvalue weighted by molar-refractivity contribution is -0.135. The molecule has 2 N–H and O–H groups in total. The van der Waals surface area contributed by atoms with Crippen molar-refractivity contribution >= 4 is 17.8 Å². The van der Waals surface area contributed by atoms with E-state index < -0.39 is 17.5 Å². The minimum atomic E-state index is -1.12. The maximum atomic E-state index is 13.1. The van der Waals surface area contributed by atoms with Crippen molar-refractivity contribution < 1.29 is 19.1 Å². The van der Waals surface area contributed by atoms with E-state index in [1.807, 2.05) is 37.3 Å². The van der Waals surface area contributed by atoms with Gasteiger partial charge in [0.25, 0.3) is 5.91 Å². The summed E-state index contributed by atoms with van der Waals surface area (Å²) in [5, 5.41) is 5.68. The summed E-state index contributed by atoms with van der Waals surface area (Å²) in [7, 11) is 0. The lowest BCUT2D eigenvalue weighted by Gasteiger charge is -2.40. The summed E-state index contributed by atoms with van der Waals surface area (Å²) in [5.74, 6) is -0.742. The number of urea groups is 1. The molecule has 4 amide bonds. The van der Waals surface area contributed by atoms with Crippen molar-refractivity contribution in [2.45, 2.75) is 38.3 Å². The normalized spacial score (nSPS) is 23.2. The maximum absolute atomic E-state index is 13.1. The molecule has 1 aromatic rings. The summed E-state index contributed by atoms with van der Waals surface area (Å²) in [6, 6.07) is 8.61. The smallest absolute Gasteiger partial charge is 0.325 e. The van der Waals surface area contributed by atoms with E-state index in [4.69, 9.17) is 4.74 Å². The molecule has 0 aliphatic carbocycles. The van der Waals surface area contributed by atoms with Gasteiger partial charge in [-0.15, -0.1) is 0 Å². The van der Waals surface area contributed by atoms with Crippen LogP contribution in [0.15, 0.2) is 30.3 Å². The van der Waals surface area contributed by atoms with Gasteiger partial charge in [-0.1, -0.05) is 37.3 Å². The minimum absolute atomic E-state index is 0.242. The summed E-state index contributed by atoms with van der Waals surface area (Å²) >= 11 is 0. The molecule has 0 spiro atoms. The third-order valence-corrected chi connectivity index (χ3v) is 5.86. The second-order valence-electron chi connectivity index (χ2n) is 8.13. The second-order valence-corrected chi connectivity index (χ2v) is 8.13. The van der Waals surface area contributed by atoms with Gasteiger partial charge in [0.05, 0.1) is 13.2 Å². The Labute approximate surface area is 171 Å². The molecule has 1 atom stereocenters. The van der Waals surface area contributed by atoms with Crippen LogP contribution in [-0.2, 0) is 19.9 Å². The highest BCUT2D eigenvalue weighted by Crippen LogP contribution is 2.32. The van der Waals surface area contributed by atoms with Crippen LogP contribution in [0.3, 0.4) is 0 Å². The Hall–Kier alpha value is -2.45. The number of carbonyl (C=O) groups excluding carboxylic acids is 3. The van der Waals surface area contributed by atoms with Gasteiger partial charge in [-0.25, -0.2) is 4.79 Å². The first-order chi connectivity index (χ1) is 13.8. The zero-order valence-electron chi connectivity index (χ0n) is 17.4. The molecule has 2 saturated heterocycles. The van der Waals surface area contributed by atoms with Crippen LogP contribution in [0.1, 0.15) is 32.8 Å². The first-order valence-electron chi connectivity index (χ1n) is 10.1. The lowest BCUT2D eigenvalue weighted by Crippen LogP contribution is -2.56. The summed E-state index contributed by atoms with van der Waals surface area (Å²) in [4.78, 5) is 41.4. The SMILES string of the molecule is CCC1(c2ccccc2)NC(=O)N(CC(=O)NCC(C)(C)N2CCOCC2)C1=O. The minimum Gasteiger partial charge on any atom is -0.379 e. The van der Waals surface area contributed by atoms with E-state index in [2.05, 4.69) is 29.4 Å². The van der Waals surface area contributed by atoms with Gasteiger partial charge in [-0.3, -0.25) is 19.4 Å². The molecule has 1 aromatic carbocycles. The van der Waals surface area contributed by atoms with E-state index in [9.17, 15) is 14.4 Å². The molecule has 8 nitrogen and oxygen atoms in total. The van der Waals surface area contributed by atoms with Crippen molar-refractivity contribution in [2.24, 2.45) is 0 Å². The number of morpholine rings is 1. The van der Waals surface area contributed by atoms with Crippen LogP contribution in [0.4, 0.5) is 4.79 Å². The van der Waals surface area contributed by atoms with Gasteiger partial charge < -0.3 is 15.4 Å². The van der Waals surface area contributed by atoms with E-state index in [1.165, 1.54) is 0 Å². The molecule has 0 saturated carbocycles. The Balaban J connectivity index is 1.63. The third-order valence-electron chi connectivity index (χ3n) is 5.86. The molecule has 2 aliphatic rings. The number of ether oxygens (including phenoxy) is 1. The Kier molecular flexibility index (Phi) is 6.24. The molecule has 2 heterocycles. The summed E-state index contributed by atoms with van der Waals surface area (Å²) in [6.07, 6.45) is 0.407. The van der Waals surface area contributed by atoms with Gasteiger partial charge in [0.2, 0.25) is 5.91 Å². The molecular formula is C21H30N4O4. The molecule has 2 aliphatic heterocycles. The summed E-state index contributed by atoms with van der Waals surface area (Å²) < 4.78 is 5.38. The average molecular weight is 402 g/mol. The molecule has 2 fully saturated rings. The van der Waals surface area contributed by atoms with E-state index in [1.54, 1.807) is 0 Å². The molecule has 158 valence electrons. The van der Waals surface area contributed by atoms with Crippen molar-refractivity contribution in [1.29, 1.82) is 0 Å². The Bertz CT molecular complexity index is 761. The van der Waals surface area contributed by atoms with Gasteiger partial charge in [0.15, 0.2) is 0 Å². The molecular weight excluding hydrogens is 372 g/mol. The fourth-order valence-corrected chi connectivity index (χ4v) is 3.93. The van der Waals surface area contributed by atoms with Gasteiger partial charge >= 0.3 is 6.03 Å². The number of rotatable bonds is 7. The number of nitrogens with zero attached hydrogens (tertiary/aromatic N) is 2. The van der Waals surface area contributed by atoms with Crippen LogP contribution in [-0.4, -0.2) is 72.6 Å². The number of carbonyl (C=O) groups is 3. The molecule has 0 radical (unpaired) electrons. The topological polar surface area (TPSA) is 91.0 Å². The van der Waals surface area contributed by atoms with Crippen LogP contribution in [0.25, 0.3) is 0 Å². The van der Waals surface area contributed by atoms with Crippen LogP contribution in [0.5, 0.6) is 0 Å². The number of imide groups is 1. The molecule has 0 bridgehead atoms. The van der Waals surface area contributed by atoms with Crippen molar-refractivity contribution in [3.8, 4) is 0 Å². The van der Waals surface area contributed by atoms with Gasteiger partial charge in [0, 0.05) is 25.2 Å². The molecule has 29 heavy (non-hydrogen) atoms. The largest absolute Gasteiger partial charge is 0.379 e. The lowest BCUT2D eigenvalue weighted by atomic mass is 9.87. The quantitative estimate of drug-likeness (QED) is 0.666. The Morgan fingerprint density at radius 2 is 1.86 bits per heavy atom. The van der Waals surface area contributed by atoms with Crippen molar-refractivity contribution in [3.05, 3.63) is 35.9 Å². The Morgan fingerprint density at radius 3 is 2.48 bits per heavy atom. The molecule has 0 aromatic heterocycles. The molecule has 8 heteroatoms.